The van der Waals surface area contributed by atoms with Crippen molar-refractivity contribution in [2.45, 2.75) is 6.92 Å². The fourth-order valence-corrected chi connectivity index (χ4v) is 1.36. The van der Waals surface area contributed by atoms with E-state index in [1.165, 1.54) is 6.07 Å². The number of nitrogens with zero attached hydrogens (tertiary/aromatic N) is 1. The van der Waals surface area contributed by atoms with E-state index in [1.54, 1.807) is 6.92 Å². The number of rotatable bonds is 2. The average Bonchev–Trinajstić information content (AvgIpc) is 2.79. The maximum Gasteiger partial charge on any atom is 0.315 e. The second kappa shape index (κ2) is 5.47. The third-order valence-corrected chi connectivity index (χ3v) is 2.25. The molecular weight excluding hydrogens is 272 g/mol. The molecular formula is C12H9F2N3O3. The zero-order valence-corrected chi connectivity index (χ0v) is 10.2. The third kappa shape index (κ3) is 3.16. The number of amides is 2. The quantitative estimate of drug-likeness (QED) is 0.823. The van der Waals surface area contributed by atoms with Gasteiger partial charge in [-0.2, -0.15) is 0 Å². The normalized spacial score (nSPS) is 10.2. The monoisotopic (exact) mass is 281 g/mol. The van der Waals surface area contributed by atoms with Gasteiger partial charge in [-0.3, -0.25) is 14.9 Å². The van der Waals surface area contributed by atoms with E-state index in [0.717, 1.165) is 18.2 Å². The second-order valence-corrected chi connectivity index (χ2v) is 3.86. The van der Waals surface area contributed by atoms with Gasteiger partial charge in [-0.05, 0) is 19.1 Å². The number of nitrogens with one attached hydrogen (secondary N) is 2. The number of aromatic nitrogens is 1. The van der Waals surface area contributed by atoms with Crippen molar-refractivity contribution in [1.82, 2.24) is 5.16 Å². The molecule has 0 atom stereocenters. The molecule has 0 bridgehead atoms. The van der Waals surface area contributed by atoms with Crippen LogP contribution in [0.3, 0.4) is 0 Å². The van der Waals surface area contributed by atoms with E-state index in [1.807, 2.05) is 0 Å². The van der Waals surface area contributed by atoms with Crippen molar-refractivity contribution in [1.29, 1.82) is 0 Å². The molecule has 8 heteroatoms. The number of carbonyl (C=O) groups is 2. The molecule has 2 rings (SSSR count). The van der Waals surface area contributed by atoms with Crippen LogP contribution in [-0.4, -0.2) is 17.0 Å². The Labute approximate surface area is 111 Å². The summed E-state index contributed by atoms with van der Waals surface area (Å²) in [6, 6.07) is 4.15. The van der Waals surface area contributed by atoms with E-state index in [9.17, 15) is 18.4 Å². The van der Waals surface area contributed by atoms with E-state index in [0.29, 0.717) is 5.76 Å². The Morgan fingerprint density at radius 3 is 2.40 bits per heavy atom. The molecule has 0 saturated carbocycles. The van der Waals surface area contributed by atoms with Gasteiger partial charge in [-0.25, -0.2) is 8.78 Å². The first-order valence-electron chi connectivity index (χ1n) is 5.46. The van der Waals surface area contributed by atoms with E-state index >= 15 is 0 Å². The lowest BCUT2D eigenvalue weighted by Gasteiger charge is -2.04. The van der Waals surface area contributed by atoms with Crippen molar-refractivity contribution in [3.63, 3.8) is 0 Å². The number of hydrogen-bond donors (Lipinski definition) is 2. The van der Waals surface area contributed by atoms with Gasteiger partial charge in [0.1, 0.15) is 5.76 Å². The highest BCUT2D eigenvalue weighted by Crippen LogP contribution is 2.13. The SMILES string of the molecule is Cc1cc(NC(=O)C(=O)Nc2ccc(F)c(F)c2)no1. The van der Waals surface area contributed by atoms with Gasteiger partial charge in [0.05, 0.1) is 0 Å². The second-order valence-electron chi connectivity index (χ2n) is 3.86. The Morgan fingerprint density at radius 2 is 1.80 bits per heavy atom. The van der Waals surface area contributed by atoms with Gasteiger partial charge in [0.2, 0.25) is 0 Å². The molecule has 0 saturated heterocycles. The highest BCUT2D eigenvalue weighted by atomic mass is 19.2. The number of halogens is 2. The van der Waals surface area contributed by atoms with E-state index < -0.39 is 23.4 Å². The van der Waals surface area contributed by atoms with Crippen molar-refractivity contribution in [3.8, 4) is 0 Å². The summed E-state index contributed by atoms with van der Waals surface area (Å²) in [6.07, 6.45) is 0. The fraction of sp³-hybridized carbons (Fsp3) is 0.0833. The van der Waals surface area contributed by atoms with Crippen LogP contribution in [0.2, 0.25) is 0 Å². The minimum Gasteiger partial charge on any atom is -0.360 e. The van der Waals surface area contributed by atoms with Gasteiger partial charge in [-0.1, -0.05) is 5.16 Å². The summed E-state index contributed by atoms with van der Waals surface area (Å²) >= 11 is 0. The molecule has 2 aromatic rings. The highest BCUT2D eigenvalue weighted by molar-refractivity contribution is 6.43. The summed E-state index contributed by atoms with van der Waals surface area (Å²) in [5.41, 5.74) is -0.0413. The van der Waals surface area contributed by atoms with Crippen molar-refractivity contribution < 1.29 is 22.9 Å². The molecule has 2 amide bonds. The van der Waals surface area contributed by atoms with Crippen LogP contribution >= 0.6 is 0 Å². The molecule has 0 radical (unpaired) electrons. The Balaban J connectivity index is 2.00. The van der Waals surface area contributed by atoms with Crippen LogP contribution in [0.5, 0.6) is 0 Å². The molecule has 0 aliphatic heterocycles. The molecule has 1 aromatic heterocycles. The van der Waals surface area contributed by atoms with E-state index in [2.05, 4.69) is 15.8 Å². The van der Waals surface area contributed by atoms with Crippen LogP contribution in [0.4, 0.5) is 20.3 Å². The van der Waals surface area contributed by atoms with Gasteiger partial charge in [0.15, 0.2) is 17.5 Å². The number of hydrogen-bond acceptors (Lipinski definition) is 4. The smallest absolute Gasteiger partial charge is 0.315 e. The third-order valence-electron chi connectivity index (χ3n) is 2.25. The van der Waals surface area contributed by atoms with Crippen molar-refractivity contribution in [2.24, 2.45) is 0 Å². The van der Waals surface area contributed by atoms with Crippen LogP contribution in [0.1, 0.15) is 5.76 Å². The summed E-state index contributed by atoms with van der Waals surface area (Å²) in [5, 5.41) is 7.78. The average molecular weight is 281 g/mol. The number of aryl methyl sites for hydroxylation is 1. The van der Waals surface area contributed by atoms with Gasteiger partial charge >= 0.3 is 11.8 Å². The minimum atomic E-state index is -1.13. The van der Waals surface area contributed by atoms with Crippen LogP contribution < -0.4 is 10.6 Å². The lowest BCUT2D eigenvalue weighted by Crippen LogP contribution is -2.29. The molecule has 20 heavy (non-hydrogen) atoms. The maximum atomic E-state index is 12.9. The topological polar surface area (TPSA) is 84.2 Å². The number of benzene rings is 1. The van der Waals surface area contributed by atoms with Gasteiger partial charge < -0.3 is 9.84 Å². The zero-order chi connectivity index (χ0) is 14.7. The summed E-state index contributed by atoms with van der Waals surface area (Å²) in [7, 11) is 0. The molecule has 0 aliphatic carbocycles. The van der Waals surface area contributed by atoms with Gasteiger partial charge in [0, 0.05) is 17.8 Å². The molecule has 0 aliphatic rings. The Morgan fingerprint density at radius 1 is 1.10 bits per heavy atom. The number of carbonyl (C=O) groups excluding carboxylic acids is 2. The molecule has 1 heterocycles. The largest absolute Gasteiger partial charge is 0.360 e. The Kier molecular flexibility index (Phi) is 3.74. The minimum absolute atomic E-state index is 0.0413. The fourth-order valence-electron chi connectivity index (χ4n) is 1.36. The van der Waals surface area contributed by atoms with E-state index in [-0.39, 0.29) is 11.5 Å². The Bertz CT molecular complexity index is 670. The van der Waals surface area contributed by atoms with Crippen LogP contribution in [0.25, 0.3) is 0 Å². The summed E-state index contributed by atoms with van der Waals surface area (Å²) < 4.78 is 30.3. The van der Waals surface area contributed by atoms with Crippen LogP contribution in [-0.2, 0) is 9.59 Å². The zero-order valence-electron chi connectivity index (χ0n) is 10.2. The molecule has 2 N–H and O–H groups in total. The van der Waals surface area contributed by atoms with Crippen LogP contribution in [0.15, 0.2) is 28.8 Å². The first kappa shape index (κ1) is 13.7. The summed E-state index contributed by atoms with van der Waals surface area (Å²) in [6.45, 7) is 1.62. The molecule has 0 unspecified atom stereocenters. The molecule has 0 fully saturated rings. The Hall–Kier alpha value is -2.77. The summed E-state index contributed by atoms with van der Waals surface area (Å²) in [5.74, 6) is -3.70. The predicted octanol–water partition coefficient (Wildman–Crippen LogP) is 1.84. The lowest BCUT2D eigenvalue weighted by atomic mass is 10.3. The van der Waals surface area contributed by atoms with Crippen molar-refractivity contribution in [2.75, 3.05) is 10.6 Å². The van der Waals surface area contributed by atoms with Gasteiger partial charge in [-0.15, -0.1) is 0 Å². The van der Waals surface area contributed by atoms with Gasteiger partial charge in [0.25, 0.3) is 0 Å². The van der Waals surface area contributed by atoms with Crippen molar-refractivity contribution in [3.05, 3.63) is 41.7 Å². The molecule has 6 nitrogen and oxygen atoms in total. The highest BCUT2D eigenvalue weighted by Gasteiger charge is 2.16. The summed E-state index contributed by atoms with van der Waals surface area (Å²) in [4.78, 5) is 23.0. The predicted molar refractivity (Wildman–Crippen MR) is 64.9 cm³/mol. The first-order chi connectivity index (χ1) is 9.45. The molecule has 0 spiro atoms. The lowest BCUT2D eigenvalue weighted by molar-refractivity contribution is -0.133. The first-order valence-corrected chi connectivity index (χ1v) is 5.46. The molecule has 104 valence electrons. The maximum absolute atomic E-state index is 12.9. The standard InChI is InChI=1S/C12H9F2N3O3/c1-6-4-10(17-20-6)16-12(19)11(18)15-7-2-3-8(13)9(14)5-7/h2-5H,1H3,(H,15,18)(H,16,17,19). The van der Waals surface area contributed by atoms with Crippen molar-refractivity contribution >= 4 is 23.3 Å². The number of anilines is 2. The molecule has 1 aromatic carbocycles. The van der Waals surface area contributed by atoms with Crippen LogP contribution in [0, 0.1) is 18.6 Å². The van der Waals surface area contributed by atoms with E-state index in [4.69, 9.17) is 4.52 Å².